The van der Waals surface area contributed by atoms with Crippen LogP contribution in [0.2, 0.25) is 0 Å². The van der Waals surface area contributed by atoms with E-state index >= 15 is 0 Å². The zero-order valence-electron chi connectivity index (χ0n) is 15.5. The van der Waals surface area contributed by atoms with Crippen molar-refractivity contribution in [1.29, 1.82) is 0 Å². The molecule has 0 aliphatic heterocycles. The lowest BCUT2D eigenvalue weighted by Crippen LogP contribution is -2.30. The molecule has 1 aromatic heterocycles. The molecular weight excluding hydrogens is 424 g/mol. The van der Waals surface area contributed by atoms with Crippen molar-refractivity contribution in [3.63, 3.8) is 0 Å². The molecule has 0 radical (unpaired) electrons. The van der Waals surface area contributed by atoms with E-state index < -0.39 is 6.10 Å². The van der Waals surface area contributed by atoms with Gasteiger partial charge in [-0.05, 0) is 42.3 Å². The van der Waals surface area contributed by atoms with Crippen molar-refractivity contribution in [2.45, 2.75) is 19.1 Å². The third kappa shape index (κ3) is 4.61. The number of fused-ring (bicyclic) bond motifs is 1. The fraction of sp³-hybridized carbons (Fsp3) is 0.238. The Hall–Kier alpha value is -2.64. The average molecular weight is 445 g/mol. The first kappa shape index (κ1) is 20.1. The van der Waals surface area contributed by atoms with Crippen molar-refractivity contribution in [2.24, 2.45) is 0 Å². The summed E-state index contributed by atoms with van der Waals surface area (Å²) in [5, 5.41) is 10.8. The Morgan fingerprint density at radius 1 is 1.29 bits per heavy atom. The van der Waals surface area contributed by atoms with E-state index in [1.807, 2.05) is 24.3 Å². The molecule has 0 fully saturated rings. The Kier molecular flexibility index (Phi) is 6.49. The van der Waals surface area contributed by atoms with Crippen LogP contribution in [0.5, 0.6) is 11.5 Å². The molecule has 0 amide bonds. The Bertz CT molecular complexity index is 1050. The molecule has 1 unspecified atom stereocenters. The number of rotatable bonds is 8. The fourth-order valence-corrected chi connectivity index (χ4v) is 3.21. The second-order valence-electron chi connectivity index (χ2n) is 6.31. The summed E-state index contributed by atoms with van der Waals surface area (Å²) in [6.45, 7) is 3.81. The van der Waals surface area contributed by atoms with Crippen LogP contribution in [0.3, 0.4) is 0 Å². The van der Waals surface area contributed by atoms with Crippen molar-refractivity contribution in [1.82, 2.24) is 9.55 Å². The molecule has 0 aliphatic rings. The number of nitrogens with zero attached hydrogens (tertiary/aromatic N) is 2. The lowest BCUT2D eigenvalue weighted by molar-refractivity contribution is 0.0900. The lowest BCUT2D eigenvalue weighted by atomic mass is 10.1. The number of hydrogen-bond acceptors (Lipinski definition) is 5. The van der Waals surface area contributed by atoms with Crippen LogP contribution in [-0.2, 0) is 13.0 Å². The van der Waals surface area contributed by atoms with Crippen molar-refractivity contribution < 1.29 is 14.6 Å². The highest BCUT2D eigenvalue weighted by Crippen LogP contribution is 2.28. The molecule has 0 aliphatic carbocycles. The number of ether oxygens (including phenoxy) is 2. The van der Waals surface area contributed by atoms with E-state index in [9.17, 15) is 9.90 Å². The van der Waals surface area contributed by atoms with Gasteiger partial charge in [0.25, 0.3) is 5.56 Å². The number of aliphatic hydroxyl groups is 1. The van der Waals surface area contributed by atoms with Crippen LogP contribution in [0, 0.1) is 0 Å². The van der Waals surface area contributed by atoms with Gasteiger partial charge in [0.15, 0.2) is 11.5 Å². The predicted octanol–water partition coefficient (Wildman–Crippen LogP) is 3.34. The molecule has 1 heterocycles. The van der Waals surface area contributed by atoms with Crippen LogP contribution >= 0.6 is 15.9 Å². The Morgan fingerprint density at radius 3 is 2.86 bits per heavy atom. The first-order valence-electron chi connectivity index (χ1n) is 8.75. The summed E-state index contributed by atoms with van der Waals surface area (Å²) in [5.41, 5.74) is 1.45. The van der Waals surface area contributed by atoms with Crippen LogP contribution in [0.4, 0.5) is 0 Å². The third-order valence-electron chi connectivity index (χ3n) is 4.23. The largest absolute Gasteiger partial charge is 0.493 e. The maximum absolute atomic E-state index is 12.6. The summed E-state index contributed by atoms with van der Waals surface area (Å²) in [4.78, 5) is 16.9. The van der Waals surface area contributed by atoms with Gasteiger partial charge >= 0.3 is 0 Å². The average Bonchev–Trinajstić information content (AvgIpc) is 2.69. The third-order valence-corrected chi connectivity index (χ3v) is 4.73. The molecule has 0 bridgehead atoms. The molecule has 0 saturated carbocycles. The molecule has 2 aromatic carbocycles. The van der Waals surface area contributed by atoms with Crippen LogP contribution in [-0.4, -0.2) is 34.5 Å². The summed E-state index contributed by atoms with van der Waals surface area (Å²) < 4.78 is 13.2. The van der Waals surface area contributed by atoms with Crippen molar-refractivity contribution >= 4 is 26.8 Å². The summed E-state index contributed by atoms with van der Waals surface area (Å²) in [5.74, 6) is 1.11. The first-order chi connectivity index (χ1) is 13.5. The highest BCUT2D eigenvalue weighted by molar-refractivity contribution is 9.10. The number of hydrogen-bond donors (Lipinski definition) is 1. The molecule has 7 heteroatoms. The number of aromatic nitrogens is 2. The van der Waals surface area contributed by atoms with Gasteiger partial charge in [-0.25, -0.2) is 4.98 Å². The quantitative estimate of drug-likeness (QED) is 0.539. The monoisotopic (exact) mass is 444 g/mol. The van der Waals surface area contributed by atoms with Crippen molar-refractivity contribution in [2.75, 3.05) is 13.7 Å². The number of halogens is 1. The molecule has 3 aromatic rings. The minimum atomic E-state index is -0.887. The van der Waals surface area contributed by atoms with E-state index in [0.29, 0.717) is 22.4 Å². The standard InChI is InChI=1S/C21H21BrN2O4/c1-3-4-14-5-8-19(20(9-14)27-2)28-12-16(25)11-24-13-23-18-7-6-15(22)10-17(18)21(24)26/h3,5-10,13,16,25H,1,4,11-12H2,2H3. The molecule has 0 saturated heterocycles. The minimum Gasteiger partial charge on any atom is -0.493 e. The fourth-order valence-electron chi connectivity index (χ4n) is 2.85. The van der Waals surface area contributed by atoms with Gasteiger partial charge in [0, 0.05) is 4.47 Å². The van der Waals surface area contributed by atoms with Crippen molar-refractivity contribution in [3.05, 3.63) is 75.8 Å². The van der Waals surface area contributed by atoms with Gasteiger partial charge in [0.2, 0.25) is 0 Å². The highest BCUT2D eigenvalue weighted by atomic mass is 79.9. The zero-order chi connectivity index (χ0) is 20.1. The molecule has 146 valence electrons. The van der Waals surface area contributed by atoms with Gasteiger partial charge in [0.05, 0.1) is 30.9 Å². The van der Waals surface area contributed by atoms with Crippen molar-refractivity contribution in [3.8, 4) is 11.5 Å². The summed E-state index contributed by atoms with van der Waals surface area (Å²) in [6.07, 6.45) is 3.09. The van der Waals surface area contributed by atoms with E-state index in [4.69, 9.17) is 9.47 Å². The second-order valence-corrected chi connectivity index (χ2v) is 7.22. The molecule has 1 atom stereocenters. The first-order valence-corrected chi connectivity index (χ1v) is 9.54. The van der Waals surface area contributed by atoms with Gasteiger partial charge < -0.3 is 14.6 Å². The SMILES string of the molecule is C=CCc1ccc(OCC(O)Cn2cnc3ccc(Br)cc3c2=O)c(OC)c1. The van der Waals surface area contributed by atoms with Gasteiger partial charge in [-0.2, -0.15) is 0 Å². The van der Waals surface area contributed by atoms with E-state index in [1.165, 1.54) is 10.9 Å². The molecular formula is C21H21BrN2O4. The minimum absolute atomic E-state index is 0.0140. The normalized spacial score (nSPS) is 12.0. The van der Waals surface area contributed by atoms with Crippen LogP contribution in [0.1, 0.15) is 5.56 Å². The van der Waals surface area contributed by atoms with Crippen LogP contribution in [0.15, 0.2) is 64.6 Å². The maximum atomic E-state index is 12.6. The number of allylic oxidation sites excluding steroid dienone is 1. The number of benzene rings is 2. The van der Waals surface area contributed by atoms with Crippen LogP contribution in [0.25, 0.3) is 10.9 Å². The summed E-state index contributed by atoms with van der Waals surface area (Å²) in [6, 6.07) is 10.9. The topological polar surface area (TPSA) is 73.6 Å². The van der Waals surface area contributed by atoms with Gasteiger partial charge in [-0.15, -0.1) is 6.58 Å². The summed E-state index contributed by atoms with van der Waals surface area (Å²) >= 11 is 3.36. The van der Waals surface area contributed by atoms with E-state index in [1.54, 1.807) is 25.3 Å². The van der Waals surface area contributed by atoms with E-state index in [-0.39, 0.29) is 18.7 Å². The Morgan fingerprint density at radius 2 is 2.11 bits per heavy atom. The number of methoxy groups -OCH3 is 1. The lowest BCUT2D eigenvalue weighted by Gasteiger charge is -2.16. The molecule has 0 spiro atoms. The molecule has 6 nitrogen and oxygen atoms in total. The Balaban J connectivity index is 1.70. The molecule has 1 N–H and O–H groups in total. The van der Waals surface area contributed by atoms with Gasteiger partial charge in [-0.1, -0.05) is 28.1 Å². The van der Waals surface area contributed by atoms with E-state index in [2.05, 4.69) is 27.5 Å². The van der Waals surface area contributed by atoms with Gasteiger partial charge in [0.1, 0.15) is 12.7 Å². The molecule has 3 rings (SSSR count). The maximum Gasteiger partial charge on any atom is 0.261 e. The highest BCUT2D eigenvalue weighted by Gasteiger charge is 2.12. The molecule has 28 heavy (non-hydrogen) atoms. The summed E-state index contributed by atoms with van der Waals surface area (Å²) in [7, 11) is 1.56. The van der Waals surface area contributed by atoms with Crippen LogP contribution < -0.4 is 15.0 Å². The Labute approximate surface area is 171 Å². The van der Waals surface area contributed by atoms with Gasteiger partial charge in [-0.3, -0.25) is 9.36 Å². The smallest absolute Gasteiger partial charge is 0.261 e. The second kappa shape index (κ2) is 9.03. The number of aliphatic hydroxyl groups excluding tert-OH is 1. The van der Waals surface area contributed by atoms with E-state index in [0.717, 1.165) is 16.5 Å². The predicted molar refractivity (Wildman–Crippen MR) is 112 cm³/mol. The zero-order valence-corrected chi connectivity index (χ0v) is 17.1.